The maximum atomic E-state index is 12.5. The Bertz CT molecular complexity index is 918. The highest BCUT2D eigenvalue weighted by Crippen LogP contribution is 2.30. The third-order valence-corrected chi connectivity index (χ3v) is 5.01. The van der Waals surface area contributed by atoms with E-state index in [-0.39, 0.29) is 18.3 Å². The first kappa shape index (κ1) is 21.4. The van der Waals surface area contributed by atoms with Gasteiger partial charge < -0.3 is 19.7 Å². The maximum absolute atomic E-state index is 12.5. The summed E-state index contributed by atoms with van der Waals surface area (Å²) in [7, 11) is 1.32. The molecule has 2 aromatic carbocycles. The van der Waals surface area contributed by atoms with E-state index >= 15 is 0 Å². The monoisotopic (exact) mass is 410 g/mol. The molecule has 0 aliphatic carbocycles. The van der Waals surface area contributed by atoms with Crippen LogP contribution in [0.3, 0.4) is 0 Å². The molecule has 1 aliphatic heterocycles. The standard InChI is InChI=1S/C23H26N2O5/c1-3-21(26)16-6-9-18(10-7-16)30-15-22(27)24-19-14-17(23(28)29-2)8-11-20(19)25-12-4-5-13-25/h6-11,14H,3-5,12-13,15H2,1-2H3,(H,24,27). The Morgan fingerprint density at radius 3 is 2.30 bits per heavy atom. The lowest BCUT2D eigenvalue weighted by Gasteiger charge is -2.22. The number of hydrogen-bond acceptors (Lipinski definition) is 6. The highest BCUT2D eigenvalue weighted by atomic mass is 16.5. The first-order valence-electron chi connectivity index (χ1n) is 10.0. The van der Waals surface area contributed by atoms with Crippen LogP contribution < -0.4 is 15.0 Å². The molecule has 7 nitrogen and oxygen atoms in total. The van der Waals surface area contributed by atoms with Crippen LogP contribution in [0.1, 0.15) is 46.9 Å². The van der Waals surface area contributed by atoms with Crippen molar-refractivity contribution in [1.82, 2.24) is 0 Å². The van der Waals surface area contributed by atoms with Crippen LogP contribution in [-0.2, 0) is 9.53 Å². The largest absolute Gasteiger partial charge is 0.484 e. The van der Waals surface area contributed by atoms with Crippen molar-refractivity contribution in [2.75, 3.05) is 37.0 Å². The van der Waals surface area contributed by atoms with Crippen molar-refractivity contribution < 1.29 is 23.9 Å². The van der Waals surface area contributed by atoms with Crippen molar-refractivity contribution in [3.63, 3.8) is 0 Å². The van der Waals surface area contributed by atoms with Crippen LogP contribution in [0.4, 0.5) is 11.4 Å². The summed E-state index contributed by atoms with van der Waals surface area (Å²) >= 11 is 0. The van der Waals surface area contributed by atoms with E-state index in [1.165, 1.54) is 7.11 Å². The summed E-state index contributed by atoms with van der Waals surface area (Å²) in [5.41, 5.74) is 2.41. The predicted molar refractivity (Wildman–Crippen MR) is 114 cm³/mol. The number of nitrogens with zero attached hydrogens (tertiary/aromatic N) is 1. The summed E-state index contributed by atoms with van der Waals surface area (Å²) in [5.74, 6) is -0.247. The molecular weight excluding hydrogens is 384 g/mol. The molecule has 1 heterocycles. The number of ketones is 1. The molecule has 158 valence electrons. The number of nitrogens with one attached hydrogen (secondary N) is 1. The fourth-order valence-corrected chi connectivity index (χ4v) is 3.39. The molecule has 0 atom stereocenters. The second-order valence-electron chi connectivity index (χ2n) is 7.06. The van der Waals surface area contributed by atoms with Crippen molar-refractivity contribution in [3.8, 4) is 5.75 Å². The number of hydrogen-bond donors (Lipinski definition) is 1. The van der Waals surface area contributed by atoms with Gasteiger partial charge in [0.1, 0.15) is 5.75 Å². The van der Waals surface area contributed by atoms with E-state index in [0.717, 1.165) is 31.6 Å². The highest BCUT2D eigenvalue weighted by molar-refractivity contribution is 5.99. The molecule has 0 saturated carbocycles. The van der Waals surface area contributed by atoms with E-state index in [0.29, 0.717) is 29.0 Å². The number of methoxy groups -OCH3 is 1. The van der Waals surface area contributed by atoms with Crippen LogP contribution in [0.2, 0.25) is 0 Å². The number of carbonyl (C=O) groups excluding carboxylic acids is 3. The summed E-state index contributed by atoms with van der Waals surface area (Å²) < 4.78 is 10.3. The zero-order valence-corrected chi connectivity index (χ0v) is 17.3. The maximum Gasteiger partial charge on any atom is 0.337 e. The van der Waals surface area contributed by atoms with E-state index in [9.17, 15) is 14.4 Å². The Morgan fingerprint density at radius 2 is 1.67 bits per heavy atom. The zero-order valence-electron chi connectivity index (χ0n) is 17.3. The second-order valence-corrected chi connectivity index (χ2v) is 7.06. The number of amides is 1. The van der Waals surface area contributed by atoms with Crippen molar-refractivity contribution in [3.05, 3.63) is 53.6 Å². The average molecular weight is 410 g/mol. The minimum Gasteiger partial charge on any atom is -0.484 e. The molecule has 0 bridgehead atoms. The predicted octanol–water partition coefficient (Wildman–Crippen LogP) is 3.68. The SMILES string of the molecule is CCC(=O)c1ccc(OCC(=O)Nc2cc(C(=O)OC)ccc2N2CCCC2)cc1. The Kier molecular flexibility index (Phi) is 7.06. The van der Waals surface area contributed by atoms with Gasteiger partial charge in [0.2, 0.25) is 0 Å². The van der Waals surface area contributed by atoms with Crippen LogP contribution in [0.25, 0.3) is 0 Å². The van der Waals surface area contributed by atoms with Crippen molar-refractivity contribution >= 4 is 29.0 Å². The minimum atomic E-state index is -0.462. The van der Waals surface area contributed by atoms with Gasteiger partial charge in [-0.05, 0) is 55.3 Å². The molecule has 1 N–H and O–H groups in total. The van der Waals surface area contributed by atoms with Crippen LogP contribution in [0.5, 0.6) is 5.75 Å². The average Bonchev–Trinajstić information content (AvgIpc) is 3.31. The van der Waals surface area contributed by atoms with E-state index in [1.807, 2.05) is 13.0 Å². The lowest BCUT2D eigenvalue weighted by molar-refractivity contribution is -0.118. The Labute approximate surface area is 176 Å². The first-order chi connectivity index (χ1) is 14.5. The molecule has 2 aromatic rings. The molecule has 1 saturated heterocycles. The minimum absolute atomic E-state index is 0.0548. The molecule has 0 spiro atoms. The highest BCUT2D eigenvalue weighted by Gasteiger charge is 2.19. The van der Waals surface area contributed by atoms with Crippen molar-refractivity contribution in [1.29, 1.82) is 0 Å². The lowest BCUT2D eigenvalue weighted by atomic mass is 10.1. The fraction of sp³-hybridized carbons (Fsp3) is 0.348. The molecule has 30 heavy (non-hydrogen) atoms. The van der Waals surface area contributed by atoms with Crippen LogP contribution in [0.15, 0.2) is 42.5 Å². The van der Waals surface area contributed by atoms with Crippen LogP contribution >= 0.6 is 0 Å². The molecule has 0 aromatic heterocycles. The summed E-state index contributed by atoms with van der Waals surface area (Å²) in [5, 5.41) is 2.85. The zero-order chi connectivity index (χ0) is 21.5. The topological polar surface area (TPSA) is 84.9 Å². The Hall–Kier alpha value is -3.35. The van der Waals surface area contributed by atoms with Gasteiger partial charge in [0.15, 0.2) is 12.4 Å². The number of ether oxygens (including phenoxy) is 2. The number of Topliss-reactive ketones (excluding diaryl/α,β-unsaturated/α-hetero) is 1. The van der Waals surface area contributed by atoms with Crippen molar-refractivity contribution in [2.45, 2.75) is 26.2 Å². The van der Waals surface area contributed by atoms with Gasteiger partial charge in [-0.1, -0.05) is 6.92 Å². The smallest absolute Gasteiger partial charge is 0.337 e. The van der Waals surface area contributed by atoms with Gasteiger partial charge >= 0.3 is 5.97 Å². The number of benzene rings is 2. The second kappa shape index (κ2) is 9.91. The molecular formula is C23H26N2O5. The lowest BCUT2D eigenvalue weighted by Crippen LogP contribution is -2.24. The van der Waals surface area contributed by atoms with E-state index in [2.05, 4.69) is 10.2 Å². The summed E-state index contributed by atoms with van der Waals surface area (Å²) in [4.78, 5) is 38.3. The summed E-state index contributed by atoms with van der Waals surface area (Å²) in [6.45, 7) is 3.42. The molecule has 3 rings (SSSR count). The normalized spacial score (nSPS) is 13.1. The van der Waals surface area contributed by atoms with E-state index in [4.69, 9.17) is 9.47 Å². The van der Waals surface area contributed by atoms with Gasteiger partial charge in [-0.2, -0.15) is 0 Å². The number of esters is 1. The van der Waals surface area contributed by atoms with Gasteiger partial charge in [-0.3, -0.25) is 9.59 Å². The summed E-state index contributed by atoms with van der Waals surface area (Å²) in [6.07, 6.45) is 2.62. The third-order valence-electron chi connectivity index (χ3n) is 5.01. The number of carbonyl (C=O) groups is 3. The third kappa shape index (κ3) is 5.17. The summed E-state index contributed by atoms with van der Waals surface area (Å²) in [6, 6.07) is 11.9. The van der Waals surface area contributed by atoms with Gasteiger partial charge in [0.25, 0.3) is 5.91 Å². The molecule has 1 aliphatic rings. The Balaban J connectivity index is 1.68. The number of rotatable bonds is 8. The van der Waals surface area contributed by atoms with Gasteiger partial charge in [-0.15, -0.1) is 0 Å². The van der Waals surface area contributed by atoms with Crippen LogP contribution in [-0.4, -0.2) is 44.5 Å². The van der Waals surface area contributed by atoms with Crippen LogP contribution in [0, 0.1) is 0 Å². The van der Waals surface area contributed by atoms with Gasteiger partial charge in [0.05, 0.1) is 24.0 Å². The molecule has 1 fully saturated rings. The first-order valence-corrected chi connectivity index (χ1v) is 10.0. The fourth-order valence-electron chi connectivity index (χ4n) is 3.39. The molecule has 7 heteroatoms. The van der Waals surface area contributed by atoms with Crippen molar-refractivity contribution in [2.24, 2.45) is 0 Å². The van der Waals surface area contributed by atoms with Gasteiger partial charge in [0, 0.05) is 25.1 Å². The molecule has 0 unspecified atom stereocenters. The quantitative estimate of drug-likeness (QED) is 0.528. The number of anilines is 2. The van der Waals surface area contributed by atoms with Gasteiger partial charge in [-0.25, -0.2) is 4.79 Å². The van der Waals surface area contributed by atoms with E-state index in [1.54, 1.807) is 36.4 Å². The molecule has 1 amide bonds. The molecule has 0 radical (unpaired) electrons. The Morgan fingerprint density at radius 1 is 1.00 bits per heavy atom. The van der Waals surface area contributed by atoms with E-state index < -0.39 is 5.97 Å².